The molecule has 0 aromatic heterocycles. The van der Waals surface area contributed by atoms with Crippen LogP contribution in [0, 0.1) is 12.8 Å². The van der Waals surface area contributed by atoms with Crippen LogP contribution in [0.2, 0.25) is 0 Å². The molecule has 3 nitrogen and oxygen atoms in total. The summed E-state index contributed by atoms with van der Waals surface area (Å²) in [7, 11) is 0. The lowest BCUT2D eigenvalue weighted by Gasteiger charge is -2.26. The Balaban J connectivity index is 2.05. The minimum atomic E-state index is 0.305. The van der Waals surface area contributed by atoms with Crippen LogP contribution in [0.3, 0.4) is 0 Å². The van der Waals surface area contributed by atoms with Gasteiger partial charge in [-0.15, -0.1) is 0 Å². The molecule has 1 heterocycles. The van der Waals surface area contributed by atoms with E-state index in [1.165, 1.54) is 11.1 Å². The van der Waals surface area contributed by atoms with E-state index in [2.05, 4.69) is 43.5 Å². The number of nitrogens with one attached hydrogen (secondary N) is 1. The first-order valence-electron chi connectivity index (χ1n) is 6.88. The van der Waals surface area contributed by atoms with Gasteiger partial charge in [0.15, 0.2) is 0 Å². The van der Waals surface area contributed by atoms with E-state index in [1.807, 2.05) is 0 Å². The molecule has 3 N–H and O–H groups in total. The topological polar surface area (TPSA) is 47.3 Å². The van der Waals surface area contributed by atoms with Gasteiger partial charge in [0.05, 0.1) is 6.10 Å². The summed E-state index contributed by atoms with van der Waals surface area (Å²) in [5, 5.41) is 0. The molecule has 100 valence electrons. The Bertz CT molecular complexity index is 381. The van der Waals surface area contributed by atoms with E-state index in [0.29, 0.717) is 18.1 Å². The van der Waals surface area contributed by atoms with Gasteiger partial charge in [-0.05, 0) is 31.7 Å². The number of hydrogen-bond donors (Lipinski definition) is 2. The fourth-order valence-electron chi connectivity index (χ4n) is 2.97. The van der Waals surface area contributed by atoms with Crippen molar-refractivity contribution in [2.75, 3.05) is 6.61 Å². The average molecular weight is 248 g/mol. The summed E-state index contributed by atoms with van der Waals surface area (Å²) in [5.41, 5.74) is 5.65. The first-order chi connectivity index (χ1) is 8.74. The summed E-state index contributed by atoms with van der Waals surface area (Å²) in [6.45, 7) is 5.18. The molecule has 3 unspecified atom stereocenters. The number of hydrogen-bond acceptors (Lipinski definition) is 3. The molecule has 18 heavy (non-hydrogen) atoms. The van der Waals surface area contributed by atoms with Gasteiger partial charge < -0.3 is 4.74 Å². The van der Waals surface area contributed by atoms with Gasteiger partial charge in [0, 0.05) is 18.6 Å². The fraction of sp³-hybridized carbons (Fsp3) is 0.600. The van der Waals surface area contributed by atoms with Crippen LogP contribution in [0.15, 0.2) is 24.3 Å². The van der Waals surface area contributed by atoms with Crippen molar-refractivity contribution < 1.29 is 4.74 Å². The average Bonchev–Trinajstić information content (AvgIpc) is 2.84. The fourth-order valence-corrected chi connectivity index (χ4v) is 2.97. The largest absolute Gasteiger partial charge is 0.378 e. The molecule has 1 aromatic carbocycles. The van der Waals surface area contributed by atoms with Gasteiger partial charge in [-0.25, -0.2) is 0 Å². The van der Waals surface area contributed by atoms with Crippen molar-refractivity contribution in [3.8, 4) is 0 Å². The van der Waals surface area contributed by atoms with Gasteiger partial charge in [-0.2, -0.15) is 0 Å². The molecule has 0 radical (unpaired) electrons. The van der Waals surface area contributed by atoms with Crippen LogP contribution < -0.4 is 11.3 Å². The predicted octanol–water partition coefficient (Wildman–Crippen LogP) is 2.18. The maximum atomic E-state index is 5.76. The van der Waals surface area contributed by atoms with Crippen molar-refractivity contribution in [2.24, 2.45) is 11.8 Å². The number of nitrogens with two attached hydrogens (primary N) is 1. The first-order valence-corrected chi connectivity index (χ1v) is 6.88. The quantitative estimate of drug-likeness (QED) is 0.620. The van der Waals surface area contributed by atoms with E-state index in [1.54, 1.807) is 0 Å². The zero-order valence-electron chi connectivity index (χ0n) is 11.4. The van der Waals surface area contributed by atoms with Crippen molar-refractivity contribution in [1.29, 1.82) is 0 Å². The highest BCUT2D eigenvalue weighted by Gasteiger charge is 2.33. The molecule has 1 aromatic rings. The minimum Gasteiger partial charge on any atom is -0.378 e. The van der Waals surface area contributed by atoms with E-state index >= 15 is 0 Å². The highest BCUT2D eigenvalue weighted by molar-refractivity contribution is 5.23. The maximum Gasteiger partial charge on any atom is 0.0617 e. The lowest BCUT2D eigenvalue weighted by atomic mass is 9.87. The van der Waals surface area contributed by atoms with E-state index in [9.17, 15) is 0 Å². The maximum absolute atomic E-state index is 5.76. The third kappa shape index (κ3) is 3.10. The molecule has 1 aliphatic rings. The third-order valence-electron chi connectivity index (χ3n) is 3.93. The molecular weight excluding hydrogens is 224 g/mol. The molecule has 0 bridgehead atoms. The minimum absolute atomic E-state index is 0.305. The van der Waals surface area contributed by atoms with E-state index in [-0.39, 0.29) is 0 Å². The van der Waals surface area contributed by atoms with Gasteiger partial charge in [0.1, 0.15) is 0 Å². The highest BCUT2D eigenvalue weighted by Crippen LogP contribution is 2.28. The van der Waals surface area contributed by atoms with Crippen LogP contribution in [0.1, 0.15) is 30.9 Å². The van der Waals surface area contributed by atoms with Gasteiger partial charge >= 0.3 is 0 Å². The summed E-state index contributed by atoms with van der Waals surface area (Å²) in [6.07, 6.45) is 3.51. The summed E-state index contributed by atoms with van der Waals surface area (Å²) >= 11 is 0. The van der Waals surface area contributed by atoms with Crippen LogP contribution >= 0.6 is 0 Å². The van der Waals surface area contributed by atoms with Gasteiger partial charge in [0.2, 0.25) is 0 Å². The molecule has 1 fully saturated rings. The summed E-state index contributed by atoms with van der Waals surface area (Å²) in [5.74, 6) is 6.28. The van der Waals surface area contributed by atoms with Crippen molar-refractivity contribution >= 4 is 0 Å². The van der Waals surface area contributed by atoms with E-state index < -0.39 is 0 Å². The van der Waals surface area contributed by atoms with Crippen molar-refractivity contribution in [2.45, 2.75) is 45.3 Å². The van der Waals surface area contributed by atoms with Gasteiger partial charge in [-0.1, -0.05) is 36.8 Å². The number of aryl methyl sites for hydroxylation is 1. The van der Waals surface area contributed by atoms with Crippen molar-refractivity contribution in [1.82, 2.24) is 5.43 Å². The highest BCUT2D eigenvalue weighted by atomic mass is 16.5. The van der Waals surface area contributed by atoms with Crippen LogP contribution in [0.5, 0.6) is 0 Å². The lowest BCUT2D eigenvalue weighted by Crippen LogP contribution is -2.45. The molecular formula is C15H24N2O. The second-order valence-corrected chi connectivity index (χ2v) is 5.24. The van der Waals surface area contributed by atoms with Crippen LogP contribution in [-0.4, -0.2) is 18.8 Å². The van der Waals surface area contributed by atoms with Crippen molar-refractivity contribution in [3.63, 3.8) is 0 Å². The monoisotopic (exact) mass is 248 g/mol. The smallest absolute Gasteiger partial charge is 0.0617 e. The summed E-state index contributed by atoms with van der Waals surface area (Å²) < 4.78 is 5.76. The predicted molar refractivity (Wildman–Crippen MR) is 74.1 cm³/mol. The molecule has 1 saturated heterocycles. The normalized spacial score (nSPS) is 25.3. The molecule has 3 atom stereocenters. The standard InChI is InChI=1S/C15H24N2O/c1-3-15-13(7-8-18-15)14(17-16)10-12-6-4-5-11(2)9-12/h4-6,9,13-15,17H,3,7-8,10,16H2,1-2H3. The Morgan fingerprint density at radius 3 is 3.00 bits per heavy atom. The second-order valence-electron chi connectivity index (χ2n) is 5.24. The van der Waals surface area contributed by atoms with E-state index in [0.717, 1.165) is 25.9 Å². The summed E-state index contributed by atoms with van der Waals surface area (Å²) in [6, 6.07) is 8.96. The Hall–Kier alpha value is -0.900. The molecule has 1 aliphatic heterocycles. The number of rotatable bonds is 5. The Kier molecular flexibility index (Phi) is 4.75. The number of ether oxygens (including phenoxy) is 1. The zero-order chi connectivity index (χ0) is 13.0. The van der Waals surface area contributed by atoms with Crippen LogP contribution in [-0.2, 0) is 11.2 Å². The Morgan fingerprint density at radius 1 is 1.50 bits per heavy atom. The van der Waals surface area contributed by atoms with Gasteiger partial charge in [0.25, 0.3) is 0 Å². The van der Waals surface area contributed by atoms with Crippen LogP contribution in [0.25, 0.3) is 0 Å². The molecule has 3 heteroatoms. The third-order valence-corrected chi connectivity index (χ3v) is 3.93. The van der Waals surface area contributed by atoms with E-state index in [4.69, 9.17) is 10.6 Å². The SMILES string of the molecule is CCC1OCCC1C(Cc1cccc(C)c1)NN. The second kappa shape index (κ2) is 6.32. The number of benzene rings is 1. The molecule has 0 spiro atoms. The molecule has 0 amide bonds. The van der Waals surface area contributed by atoms with Crippen molar-refractivity contribution in [3.05, 3.63) is 35.4 Å². The Labute approximate surface area is 110 Å². The summed E-state index contributed by atoms with van der Waals surface area (Å²) in [4.78, 5) is 0. The lowest BCUT2D eigenvalue weighted by molar-refractivity contribution is 0.0775. The van der Waals surface area contributed by atoms with Crippen LogP contribution in [0.4, 0.5) is 0 Å². The molecule has 0 saturated carbocycles. The zero-order valence-corrected chi connectivity index (χ0v) is 11.4. The Morgan fingerprint density at radius 2 is 2.33 bits per heavy atom. The molecule has 2 rings (SSSR count). The first kappa shape index (κ1) is 13.5. The number of hydrazine groups is 1. The molecule has 0 aliphatic carbocycles. The van der Waals surface area contributed by atoms with Gasteiger partial charge in [-0.3, -0.25) is 11.3 Å².